The molecule has 2 aromatic carbocycles. The van der Waals surface area contributed by atoms with Crippen molar-refractivity contribution in [2.45, 2.75) is 37.2 Å². The lowest BCUT2D eigenvalue weighted by Gasteiger charge is -2.25. The second kappa shape index (κ2) is 6.81. The Kier molecular flexibility index (Phi) is 4.73. The smallest absolute Gasteiger partial charge is 0.300 e. The quantitative estimate of drug-likeness (QED) is 0.438. The highest BCUT2D eigenvalue weighted by Crippen LogP contribution is 2.34. The van der Waals surface area contributed by atoms with Gasteiger partial charge in [0.05, 0.1) is 11.0 Å². The van der Waals surface area contributed by atoms with Crippen molar-refractivity contribution in [2.75, 3.05) is 0 Å². The molecule has 0 spiro atoms. The topological polar surface area (TPSA) is 95.7 Å². The van der Waals surface area contributed by atoms with Gasteiger partial charge in [0.25, 0.3) is 5.69 Å². The first-order valence-electron chi connectivity index (χ1n) is 7.81. The van der Waals surface area contributed by atoms with E-state index in [4.69, 9.17) is 8.92 Å². The number of hydrogen-bond donors (Lipinski definition) is 0. The highest BCUT2D eigenvalue weighted by Gasteiger charge is 2.29. The van der Waals surface area contributed by atoms with Crippen LogP contribution >= 0.6 is 0 Å². The van der Waals surface area contributed by atoms with Gasteiger partial charge in [-0.2, -0.15) is 8.42 Å². The molecule has 8 heteroatoms. The summed E-state index contributed by atoms with van der Waals surface area (Å²) in [6.07, 6.45) is 2.13. The van der Waals surface area contributed by atoms with Crippen LogP contribution in [0.4, 0.5) is 5.69 Å². The number of benzene rings is 2. The molecule has 1 aliphatic rings. The van der Waals surface area contributed by atoms with Gasteiger partial charge in [0.1, 0.15) is 16.4 Å². The minimum atomic E-state index is -3.94. The van der Waals surface area contributed by atoms with Crippen molar-refractivity contribution in [2.24, 2.45) is 0 Å². The van der Waals surface area contributed by atoms with Crippen LogP contribution in [-0.4, -0.2) is 19.4 Å². The van der Waals surface area contributed by atoms with Gasteiger partial charge in [-0.3, -0.25) is 14.3 Å². The molecule has 2 aromatic rings. The largest absolute Gasteiger partial charge is 0.456 e. The van der Waals surface area contributed by atoms with Crippen LogP contribution in [0.1, 0.15) is 24.8 Å². The molecule has 0 amide bonds. The fraction of sp³-hybridized carbons (Fsp3) is 0.294. The first kappa shape index (κ1) is 17.4. The number of rotatable bonds is 6. The number of aryl methyl sites for hydroxylation is 1. The van der Waals surface area contributed by atoms with E-state index in [1.54, 1.807) is 12.1 Å². The van der Waals surface area contributed by atoms with Crippen LogP contribution in [0.2, 0.25) is 0 Å². The molecular formula is C17H17NO6S. The van der Waals surface area contributed by atoms with E-state index in [0.717, 1.165) is 24.8 Å². The molecule has 0 N–H and O–H groups in total. The van der Waals surface area contributed by atoms with E-state index in [2.05, 4.69) is 0 Å². The van der Waals surface area contributed by atoms with Gasteiger partial charge < -0.3 is 4.74 Å². The van der Waals surface area contributed by atoms with Gasteiger partial charge in [-0.05, 0) is 56.0 Å². The Bertz CT molecular complexity index is 888. The first-order chi connectivity index (χ1) is 11.8. The normalized spacial score (nSPS) is 14.8. The fourth-order valence-corrected chi connectivity index (χ4v) is 3.60. The van der Waals surface area contributed by atoms with Crippen molar-refractivity contribution in [3.05, 3.63) is 58.1 Å². The molecule has 0 bridgehead atoms. The minimum Gasteiger partial charge on any atom is -0.456 e. The molecule has 3 rings (SSSR count). The molecule has 0 unspecified atom stereocenters. The predicted molar refractivity (Wildman–Crippen MR) is 90.3 cm³/mol. The third-order valence-electron chi connectivity index (χ3n) is 3.96. The zero-order valence-corrected chi connectivity index (χ0v) is 14.4. The van der Waals surface area contributed by atoms with E-state index in [1.807, 2.05) is 6.92 Å². The third-order valence-corrected chi connectivity index (χ3v) is 5.36. The number of hydrogen-bond acceptors (Lipinski definition) is 6. The van der Waals surface area contributed by atoms with Crippen LogP contribution in [0.25, 0.3) is 0 Å². The van der Waals surface area contributed by atoms with E-state index in [0.29, 0.717) is 5.75 Å². The summed E-state index contributed by atoms with van der Waals surface area (Å²) in [6.45, 7) is 1.81. The Hall–Kier alpha value is -2.45. The Morgan fingerprint density at radius 2 is 1.80 bits per heavy atom. The molecule has 1 fully saturated rings. The molecule has 0 aliphatic heterocycles. The molecule has 0 heterocycles. The van der Waals surface area contributed by atoms with Gasteiger partial charge in [0.15, 0.2) is 0 Å². The number of nitrogens with zero attached hydrogens (tertiary/aromatic N) is 1. The molecule has 0 aromatic heterocycles. The van der Waals surface area contributed by atoms with Crippen LogP contribution < -0.4 is 4.74 Å². The second-order valence-electron chi connectivity index (χ2n) is 5.91. The molecule has 25 heavy (non-hydrogen) atoms. The lowest BCUT2D eigenvalue weighted by Crippen LogP contribution is -2.25. The number of ether oxygens (including phenoxy) is 1. The summed E-state index contributed by atoms with van der Waals surface area (Å²) in [5.74, 6) is 0.435. The summed E-state index contributed by atoms with van der Waals surface area (Å²) in [4.78, 5) is 10.1. The van der Waals surface area contributed by atoms with Crippen molar-refractivity contribution in [1.29, 1.82) is 0 Å². The van der Waals surface area contributed by atoms with E-state index >= 15 is 0 Å². The Balaban J connectivity index is 1.89. The van der Waals surface area contributed by atoms with Crippen molar-refractivity contribution >= 4 is 15.8 Å². The summed E-state index contributed by atoms with van der Waals surface area (Å²) in [5, 5.41) is 10.7. The maximum atomic E-state index is 12.5. The summed E-state index contributed by atoms with van der Waals surface area (Å²) in [5.41, 5.74) is 0.747. The zero-order valence-electron chi connectivity index (χ0n) is 13.5. The van der Waals surface area contributed by atoms with Crippen LogP contribution in [0, 0.1) is 17.0 Å². The molecule has 0 radical (unpaired) electrons. The molecule has 0 atom stereocenters. The van der Waals surface area contributed by atoms with Crippen molar-refractivity contribution in [3.63, 3.8) is 0 Å². The number of nitro benzene ring substituents is 1. The molecule has 1 saturated carbocycles. The van der Waals surface area contributed by atoms with Gasteiger partial charge in [-0.15, -0.1) is 0 Å². The second-order valence-corrected chi connectivity index (χ2v) is 7.45. The summed E-state index contributed by atoms with van der Waals surface area (Å²) in [7, 11) is -3.94. The van der Waals surface area contributed by atoms with E-state index in [9.17, 15) is 18.5 Å². The van der Waals surface area contributed by atoms with Crippen LogP contribution in [0.15, 0.2) is 47.4 Å². The first-order valence-corrected chi connectivity index (χ1v) is 9.22. The molecule has 0 saturated heterocycles. The highest BCUT2D eigenvalue weighted by molar-refractivity contribution is 7.86. The van der Waals surface area contributed by atoms with Crippen molar-refractivity contribution in [1.82, 2.24) is 0 Å². The van der Waals surface area contributed by atoms with Gasteiger partial charge in [-0.25, -0.2) is 0 Å². The summed E-state index contributed by atoms with van der Waals surface area (Å²) < 4.78 is 35.9. The van der Waals surface area contributed by atoms with Gasteiger partial charge in [0.2, 0.25) is 0 Å². The lowest BCUT2D eigenvalue weighted by molar-refractivity contribution is -0.384. The Labute approximate surface area is 145 Å². The SMILES string of the molecule is Cc1ccc(S(=O)(=O)OC2CCC2)c(Oc2ccc([N+](=O)[O-])cc2)c1. The van der Waals surface area contributed by atoms with Crippen LogP contribution in [0.5, 0.6) is 11.5 Å². The van der Waals surface area contributed by atoms with E-state index in [-0.39, 0.29) is 22.4 Å². The number of nitro groups is 1. The minimum absolute atomic E-state index is 0.0525. The van der Waals surface area contributed by atoms with Crippen molar-refractivity contribution < 1.29 is 22.3 Å². The average Bonchev–Trinajstić information content (AvgIpc) is 2.51. The average molecular weight is 363 g/mol. The lowest BCUT2D eigenvalue weighted by atomic mass is 9.97. The van der Waals surface area contributed by atoms with Gasteiger partial charge in [-0.1, -0.05) is 6.07 Å². The predicted octanol–water partition coefficient (Wildman–Crippen LogP) is 3.95. The number of non-ortho nitro benzene ring substituents is 1. The van der Waals surface area contributed by atoms with Crippen LogP contribution in [0.3, 0.4) is 0 Å². The Morgan fingerprint density at radius 1 is 1.12 bits per heavy atom. The fourth-order valence-electron chi connectivity index (χ4n) is 2.36. The molecule has 7 nitrogen and oxygen atoms in total. The summed E-state index contributed by atoms with van der Waals surface area (Å²) in [6, 6.07) is 10.1. The van der Waals surface area contributed by atoms with Crippen LogP contribution in [-0.2, 0) is 14.3 Å². The van der Waals surface area contributed by atoms with Gasteiger partial charge in [0, 0.05) is 12.1 Å². The van der Waals surface area contributed by atoms with E-state index < -0.39 is 15.0 Å². The standard InChI is InChI=1S/C17H17NO6S/c1-12-5-10-17(25(21,22)24-15-3-2-4-15)16(11-12)23-14-8-6-13(7-9-14)18(19)20/h5-11,15H,2-4H2,1H3. The molecule has 1 aliphatic carbocycles. The Morgan fingerprint density at radius 3 is 2.36 bits per heavy atom. The third kappa shape index (κ3) is 3.97. The van der Waals surface area contributed by atoms with E-state index in [1.165, 1.54) is 30.3 Å². The maximum absolute atomic E-state index is 12.5. The summed E-state index contributed by atoms with van der Waals surface area (Å²) >= 11 is 0. The van der Waals surface area contributed by atoms with Gasteiger partial charge >= 0.3 is 10.1 Å². The molecular weight excluding hydrogens is 346 g/mol. The highest BCUT2D eigenvalue weighted by atomic mass is 32.2. The van der Waals surface area contributed by atoms with Crippen molar-refractivity contribution in [3.8, 4) is 11.5 Å². The molecule has 132 valence electrons. The maximum Gasteiger partial charge on any atom is 0.300 e. The zero-order chi connectivity index (χ0) is 18.0. The monoisotopic (exact) mass is 363 g/mol.